The van der Waals surface area contributed by atoms with Gasteiger partial charge in [-0.05, 0) is 24.1 Å². The van der Waals surface area contributed by atoms with Crippen LogP contribution in [0.3, 0.4) is 0 Å². The van der Waals surface area contributed by atoms with Crippen LogP contribution in [0.1, 0.15) is 13.8 Å². The number of carbonyl (C=O) groups is 1. The van der Waals surface area contributed by atoms with Crippen LogP contribution in [-0.4, -0.2) is 29.0 Å². The van der Waals surface area contributed by atoms with Gasteiger partial charge in [-0.2, -0.15) is 5.10 Å². The van der Waals surface area contributed by atoms with Gasteiger partial charge in [-0.25, -0.2) is 4.79 Å². The molecule has 0 aliphatic carbocycles. The third kappa shape index (κ3) is 5.47. The van der Waals surface area contributed by atoms with E-state index in [4.69, 9.17) is 4.74 Å². The van der Waals surface area contributed by atoms with Crippen molar-refractivity contribution in [2.45, 2.75) is 20.4 Å². The standard InChI is InChI=1S/C16H22N4O2/c1-13(2)12-17-16(21)19-14-5-3-6-15(11-14)22-10-9-20-8-4-7-18-20/h3-8,11,13H,9-10,12H2,1-2H3,(H2,17,19,21). The average Bonchev–Trinajstić information content (AvgIpc) is 2.99. The first-order chi connectivity index (χ1) is 10.6. The highest BCUT2D eigenvalue weighted by atomic mass is 16.5. The first kappa shape index (κ1) is 15.9. The lowest BCUT2D eigenvalue weighted by atomic mass is 10.2. The second kappa shape index (κ2) is 8.07. The van der Waals surface area contributed by atoms with E-state index in [2.05, 4.69) is 15.7 Å². The quantitative estimate of drug-likeness (QED) is 0.826. The van der Waals surface area contributed by atoms with Gasteiger partial charge in [0.25, 0.3) is 0 Å². The second-order valence-corrected chi connectivity index (χ2v) is 5.37. The second-order valence-electron chi connectivity index (χ2n) is 5.37. The molecule has 2 amide bonds. The summed E-state index contributed by atoms with van der Waals surface area (Å²) < 4.78 is 7.47. The number of benzene rings is 1. The van der Waals surface area contributed by atoms with Crippen LogP contribution in [0.5, 0.6) is 5.75 Å². The van der Waals surface area contributed by atoms with Gasteiger partial charge >= 0.3 is 6.03 Å². The molecule has 0 aliphatic heterocycles. The molecule has 0 fully saturated rings. The van der Waals surface area contributed by atoms with Gasteiger partial charge in [-0.3, -0.25) is 4.68 Å². The summed E-state index contributed by atoms with van der Waals surface area (Å²) in [6, 6.07) is 9.01. The number of nitrogens with zero attached hydrogens (tertiary/aromatic N) is 2. The van der Waals surface area contributed by atoms with E-state index in [-0.39, 0.29) is 6.03 Å². The Morgan fingerprint density at radius 3 is 2.95 bits per heavy atom. The largest absolute Gasteiger partial charge is 0.492 e. The highest BCUT2D eigenvalue weighted by Gasteiger charge is 2.03. The van der Waals surface area contributed by atoms with E-state index in [0.29, 0.717) is 37.1 Å². The fourth-order valence-electron chi connectivity index (χ4n) is 1.83. The van der Waals surface area contributed by atoms with E-state index in [1.807, 2.05) is 49.0 Å². The number of urea groups is 1. The Balaban J connectivity index is 1.80. The van der Waals surface area contributed by atoms with Crippen molar-refractivity contribution in [3.63, 3.8) is 0 Å². The van der Waals surface area contributed by atoms with E-state index >= 15 is 0 Å². The monoisotopic (exact) mass is 302 g/mol. The lowest BCUT2D eigenvalue weighted by Gasteiger charge is -2.11. The number of anilines is 1. The molecule has 2 N–H and O–H groups in total. The Morgan fingerprint density at radius 1 is 1.36 bits per heavy atom. The molecule has 2 rings (SSSR count). The van der Waals surface area contributed by atoms with Crippen LogP contribution < -0.4 is 15.4 Å². The summed E-state index contributed by atoms with van der Waals surface area (Å²) in [5.74, 6) is 1.14. The summed E-state index contributed by atoms with van der Waals surface area (Å²) in [7, 11) is 0. The molecule has 1 heterocycles. The highest BCUT2D eigenvalue weighted by molar-refractivity contribution is 5.89. The third-order valence-corrected chi connectivity index (χ3v) is 2.91. The summed E-state index contributed by atoms with van der Waals surface area (Å²) in [5.41, 5.74) is 0.706. The molecule has 0 atom stereocenters. The number of hydrogen-bond acceptors (Lipinski definition) is 3. The van der Waals surface area contributed by atoms with Gasteiger partial charge in [0, 0.05) is 30.7 Å². The molecule has 0 aliphatic rings. The summed E-state index contributed by atoms with van der Waals surface area (Å²) in [4.78, 5) is 11.7. The maximum atomic E-state index is 11.7. The minimum atomic E-state index is -0.206. The van der Waals surface area contributed by atoms with Crippen LogP contribution in [0, 0.1) is 5.92 Å². The Morgan fingerprint density at radius 2 is 2.23 bits per heavy atom. The molecule has 0 bridgehead atoms. The number of aromatic nitrogens is 2. The van der Waals surface area contributed by atoms with Gasteiger partial charge < -0.3 is 15.4 Å². The lowest BCUT2D eigenvalue weighted by molar-refractivity contribution is 0.251. The number of rotatable bonds is 7. The van der Waals surface area contributed by atoms with E-state index in [9.17, 15) is 4.79 Å². The highest BCUT2D eigenvalue weighted by Crippen LogP contribution is 2.17. The van der Waals surface area contributed by atoms with Gasteiger partial charge in [-0.1, -0.05) is 19.9 Å². The molecule has 0 unspecified atom stereocenters. The predicted octanol–water partition coefficient (Wildman–Crippen LogP) is 2.74. The zero-order chi connectivity index (χ0) is 15.8. The molecule has 0 saturated carbocycles. The van der Waals surface area contributed by atoms with Crippen LogP contribution in [0.2, 0.25) is 0 Å². The van der Waals surface area contributed by atoms with Crippen molar-refractivity contribution in [2.24, 2.45) is 5.92 Å². The van der Waals surface area contributed by atoms with E-state index < -0.39 is 0 Å². The van der Waals surface area contributed by atoms with Gasteiger partial charge in [0.2, 0.25) is 0 Å². The Bertz CT molecular complexity index is 582. The molecule has 118 valence electrons. The minimum Gasteiger partial charge on any atom is -0.492 e. The Labute approximate surface area is 130 Å². The van der Waals surface area contributed by atoms with Crippen LogP contribution >= 0.6 is 0 Å². The lowest BCUT2D eigenvalue weighted by Crippen LogP contribution is -2.31. The van der Waals surface area contributed by atoms with Gasteiger partial charge in [0.1, 0.15) is 12.4 Å². The Kier molecular flexibility index (Phi) is 5.82. The number of hydrogen-bond donors (Lipinski definition) is 2. The van der Waals surface area contributed by atoms with Crippen LogP contribution in [0.15, 0.2) is 42.7 Å². The topological polar surface area (TPSA) is 68.2 Å². The van der Waals surface area contributed by atoms with E-state index in [1.54, 1.807) is 12.3 Å². The summed E-state index contributed by atoms with van der Waals surface area (Å²) >= 11 is 0. The Hall–Kier alpha value is -2.50. The van der Waals surface area contributed by atoms with Crippen molar-refractivity contribution in [3.8, 4) is 5.75 Å². The molecule has 1 aromatic heterocycles. The first-order valence-corrected chi connectivity index (χ1v) is 7.38. The van der Waals surface area contributed by atoms with Crippen LogP contribution in [-0.2, 0) is 6.54 Å². The normalized spacial score (nSPS) is 10.5. The van der Waals surface area contributed by atoms with Crippen molar-refractivity contribution in [1.29, 1.82) is 0 Å². The maximum Gasteiger partial charge on any atom is 0.319 e. The van der Waals surface area contributed by atoms with Gasteiger partial charge in [0.05, 0.1) is 6.54 Å². The molecule has 6 nitrogen and oxygen atoms in total. The fraction of sp³-hybridized carbons (Fsp3) is 0.375. The molecule has 6 heteroatoms. The molecule has 0 spiro atoms. The van der Waals surface area contributed by atoms with Crippen molar-refractivity contribution in [2.75, 3.05) is 18.5 Å². The number of carbonyl (C=O) groups excluding carboxylic acids is 1. The third-order valence-electron chi connectivity index (χ3n) is 2.91. The summed E-state index contributed by atoms with van der Waals surface area (Å²) in [6.07, 6.45) is 3.63. The zero-order valence-corrected chi connectivity index (χ0v) is 13.0. The predicted molar refractivity (Wildman–Crippen MR) is 86.0 cm³/mol. The molecular weight excluding hydrogens is 280 g/mol. The van der Waals surface area contributed by atoms with Crippen molar-refractivity contribution in [1.82, 2.24) is 15.1 Å². The zero-order valence-electron chi connectivity index (χ0n) is 13.0. The molecule has 1 aromatic carbocycles. The summed E-state index contributed by atoms with van der Waals surface area (Å²) in [5, 5.41) is 9.71. The number of nitrogens with one attached hydrogen (secondary N) is 2. The van der Waals surface area contributed by atoms with Crippen molar-refractivity contribution < 1.29 is 9.53 Å². The van der Waals surface area contributed by atoms with Crippen molar-refractivity contribution >= 4 is 11.7 Å². The smallest absolute Gasteiger partial charge is 0.319 e. The maximum absolute atomic E-state index is 11.7. The molecular formula is C16H22N4O2. The summed E-state index contributed by atoms with van der Waals surface area (Å²) in [6.45, 7) is 5.94. The van der Waals surface area contributed by atoms with Gasteiger partial charge in [0.15, 0.2) is 0 Å². The molecule has 0 radical (unpaired) electrons. The first-order valence-electron chi connectivity index (χ1n) is 7.38. The van der Waals surface area contributed by atoms with Gasteiger partial charge in [-0.15, -0.1) is 0 Å². The van der Waals surface area contributed by atoms with E-state index in [0.717, 1.165) is 0 Å². The van der Waals surface area contributed by atoms with Crippen molar-refractivity contribution in [3.05, 3.63) is 42.7 Å². The minimum absolute atomic E-state index is 0.206. The fourth-order valence-corrected chi connectivity index (χ4v) is 1.83. The SMILES string of the molecule is CC(C)CNC(=O)Nc1cccc(OCCn2cccn2)c1. The van der Waals surface area contributed by atoms with E-state index in [1.165, 1.54) is 0 Å². The molecule has 22 heavy (non-hydrogen) atoms. The van der Waals surface area contributed by atoms with Crippen LogP contribution in [0.4, 0.5) is 10.5 Å². The molecule has 0 saturated heterocycles. The average molecular weight is 302 g/mol. The van der Waals surface area contributed by atoms with Crippen LogP contribution in [0.25, 0.3) is 0 Å². The number of ether oxygens (including phenoxy) is 1. The molecule has 2 aromatic rings. The number of amides is 2.